The number of hydrogen-bond acceptors (Lipinski definition) is 4. The van der Waals surface area contributed by atoms with E-state index in [1.165, 1.54) is 5.56 Å². The van der Waals surface area contributed by atoms with Gasteiger partial charge in [-0.1, -0.05) is 47.5 Å². The summed E-state index contributed by atoms with van der Waals surface area (Å²) in [5.74, 6) is 0.533. The van der Waals surface area contributed by atoms with Crippen molar-refractivity contribution >= 4 is 28.9 Å². The van der Waals surface area contributed by atoms with Gasteiger partial charge in [-0.25, -0.2) is 4.98 Å². The molecule has 2 aromatic carbocycles. The Kier molecular flexibility index (Phi) is 6.37. The highest BCUT2D eigenvalue weighted by molar-refractivity contribution is 6.36. The number of halogens is 2. The third-order valence-electron chi connectivity index (χ3n) is 5.70. The number of fused-ring (bicyclic) bond motifs is 1. The number of benzene rings is 2. The SMILES string of the molecule is CCOC1Cc2ccccc2C1Nc1c(C)nc(-c2ccc(Cl)cc2Cl)n(CC)c1=O. The molecular formula is C24H25Cl2N3O2. The van der Waals surface area contributed by atoms with Gasteiger partial charge in [0.1, 0.15) is 11.5 Å². The zero-order valence-corrected chi connectivity index (χ0v) is 19.3. The van der Waals surface area contributed by atoms with E-state index >= 15 is 0 Å². The van der Waals surface area contributed by atoms with E-state index in [1.807, 2.05) is 32.9 Å². The monoisotopic (exact) mass is 457 g/mol. The normalized spacial score (nSPS) is 17.6. The molecule has 2 atom stereocenters. The number of rotatable bonds is 6. The zero-order valence-electron chi connectivity index (χ0n) is 17.8. The van der Waals surface area contributed by atoms with Gasteiger partial charge in [0.15, 0.2) is 0 Å². The van der Waals surface area contributed by atoms with Crippen LogP contribution in [0.15, 0.2) is 47.3 Å². The second-order valence-electron chi connectivity index (χ2n) is 7.59. The number of ether oxygens (including phenoxy) is 1. The lowest BCUT2D eigenvalue weighted by Gasteiger charge is -2.24. The predicted molar refractivity (Wildman–Crippen MR) is 126 cm³/mol. The molecule has 5 nitrogen and oxygen atoms in total. The van der Waals surface area contributed by atoms with Crippen molar-refractivity contribution in [2.75, 3.05) is 11.9 Å². The lowest BCUT2D eigenvalue weighted by Crippen LogP contribution is -2.31. The number of hydrogen-bond donors (Lipinski definition) is 1. The lowest BCUT2D eigenvalue weighted by atomic mass is 10.1. The molecule has 0 radical (unpaired) electrons. The Morgan fingerprint density at radius 3 is 2.68 bits per heavy atom. The van der Waals surface area contributed by atoms with E-state index in [9.17, 15) is 4.79 Å². The molecule has 1 N–H and O–H groups in total. The topological polar surface area (TPSA) is 56.1 Å². The van der Waals surface area contributed by atoms with Gasteiger partial charge in [0.25, 0.3) is 5.56 Å². The summed E-state index contributed by atoms with van der Waals surface area (Å²) in [6.07, 6.45) is 0.774. The molecule has 0 fully saturated rings. The predicted octanol–water partition coefficient (Wildman–Crippen LogP) is 5.66. The van der Waals surface area contributed by atoms with Crippen molar-refractivity contribution < 1.29 is 4.74 Å². The Hall–Kier alpha value is -2.34. The minimum Gasteiger partial charge on any atom is -0.376 e. The molecule has 1 aliphatic rings. The van der Waals surface area contributed by atoms with Crippen molar-refractivity contribution in [3.8, 4) is 11.4 Å². The first-order chi connectivity index (χ1) is 14.9. The van der Waals surface area contributed by atoms with Crippen LogP contribution >= 0.6 is 23.2 Å². The van der Waals surface area contributed by atoms with E-state index in [0.717, 1.165) is 12.0 Å². The van der Waals surface area contributed by atoms with Gasteiger partial charge in [-0.3, -0.25) is 9.36 Å². The van der Waals surface area contributed by atoms with Crippen LogP contribution in [-0.4, -0.2) is 22.3 Å². The fraction of sp³-hybridized carbons (Fsp3) is 0.333. The first-order valence-electron chi connectivity index (χ1n) is 10.5. The minimum absolute atomic E-state index is 0.0401. The molecule has 4 rings (SSSR count). The summed E-state index contributed by atoms with van der Waals surface area (Å²) < 4.78 is 7.64. The van der Waals surface area contributed by atoms with Crippen LogP contribution in [0.5, 0.6) is 0 Å². The number of nitrogens with zero attached hydrogens (tertiary/aromatic N) is 2. The average Bonchev–Trinajstić information content (AvgIpc) is 3.08. The van der Waals surface area contributed by atoms with E-state index in [2.05, 4.69) is 17.4 Å². The summed E-state index contributed by atoms with van der Waals surface area (Å²) in [6.45, 7) is 6.82. The van der Waals surface area contributed by atoms with Crippen LogP contribution in [0.2, 0.25) is 10.0 Å². The Morgan fingerprint density at radius 1 is 1.19 bits per heavy atom. The van der Waals surface area contributed by atoms with E-state index in [0.29, 0.717) is 46.0 Å². The van der Waals surface area contributed by atoms with Gasteiger partial charge in [-0.05, 0) is 50.1 Å². The fourth-order valence-corrected chi connectivity index (χ4v) is 4.74. The van der Waals surface area contributed by atoms with Gasteiger partial charge < -0.3 is 10.1 Å². The maximum Gasteiger partial charge on any atom is 0.277 e. The smallest absolute Gasteiger partial charge is 0.277 e. The molecule has 7 heteroatoms. The van der Waals surface area contributed by atoms with Gasteiger partial charge in [0, 0.05) is 30.2 Å². The van der Waals surface area contributed by atoms with Crippen LogP contribution < -0.4 is 10.9 Å². The fourth-order valence-electron chi connectivity index (χ4n) is 4.25. The molecule has 0 spiro atoms. The molecule has 2 unspecified atom stereocenters. The quantitative estimate of drug-likeness (QED) is 0.518. The van der Waals surface area contributed by atoms with Crippen LogP contribution in [0.1, 0.15) is 36.7 Å². The highest BCUT2D eigenvalue weighted by atomic mass is 35.5. The van der Waals surface area contributed by atoms with Gasteiger partial charge in [-0.2, -0.15) is 0 Å². The van der Waals surface area contributed by atoms with Crippen LogP contribution in [0.25, 0.3) is 11.4 Å². The van der Waals surface area contributed by atoms with Crippen LogP contribution in [0.3, 0.4) is 0 Å². The highest BCUT2D eigenvalue weighted by Gasteiger charge is 2.34. The third-order valence-corrected chi connectivity index (χ3v) is 6.25. The molecule has 3 aromatic rings. The van der Waals surface area contributed by atoms with Crippen molar-refractivity contribution in [3.05, 3.63) is 79.7 Å². The molecule has 1 aliphatic carbocycles. The Labute approximate surface area is 192 Å². The van der Waals surface area contributed by atoms with Crippen molar-refractivity contribution in [1.29, 1.82) is 0 Å². The molecule has 0 amide bonds. The molecule has 0 saturated heterocycles. The Morgan fingerprint density at radius 2 is 1.97 bits per heavy atom. The Bertz CT molecular complexity index is 1180. The standard InChI is InChI=1S/C24H25Cl2N3O2/c1-4-29-23(18-11-10-16(25)13-19(18)26)27-14(3)21(24(29)30)28-22-17-9-7-6-8-15(17)12-20(22)31-5-2/h6-11,13,20,22,28H,4-5,12H2,1-3H3. The largest absolute Gasteiger partial charge is 0.376 e. The number of anilines is 1. The number of nitrogens with one attached hydrogen (secondary N) is 1. The maximum absolute atomic E-state index is 13.5. The molecule has 162 valence electrons. The second kappa shape index (κ2) is 9.03. The second-order valence-corrected chi connectivity index (χ2v) is 8.43. The maximum atomic E-state index is 13.5. The summed E-state index contributed by atoms with van der Waals surface area (Å²) in [5, 5.41) is 4.47. The molecule has 31 heavy (non-hydrogen) atoms. The summed E-state index contributed by atoms with van der Waals surface area (Å²) >= 11 is 12.5. The molecule has 0 aliphatic heterocycles. The summed E-state index contributed by atoms with van der Waals surface area (Å²) in [4.78, 5) is 18.3. The lowest BCUT2D eigenvalue weighted by molar-refractivity contribution is 0.0574. The van der Waals surface area contributed by atoms with E-state index in [4.69, 9.17) is 32.9 Å². The molecule has 1 heterocycles. The first-order valence-corrected chi connectivity index (χ1v) is 11.2. The summed E-state index contributed by atoms with van der Waals surface area (Å²) in [7, 11) is 0. The van der Waals surface area contributed by atoms with Crippen molar-refractivity contribution in [1.82, 2.24) is 9.55 Å². The van der Waals surface area contributed by atoms with Crippen molar-refractivity contribution in [3.63, 3.8) is 0 Å². The highest BCUT2D eigenvalue weighted by Crippen LogP contribution is 2.36. The van der Waals surface area contributed by atoms with E-state index in [-0.39, 0.29) is 17.7 Å². The van der Waals surface area contributed by atoms with E-state index < -0.39 is 0 Å². The van der Waals surface area contributed by atoms with Crippen molar-refractivity contribution in [2.24, 2.45) is 0 Å². The number of aromatic nitrogens is 2. The molecule has 0 bridgehead atoms. The zero-order chi connectivity index (χ0) is 22.1. The van der Waals surface area contributed by atoms with E-state index in [1.54, 1.807) is 22.8 Å². The molecule has 1 aromatic heterocycles. The van der Waals surface area contributed by atoms with Crippen LogP contribution in [-0.2, 0) is 17.7 Å². The summed E-state index contributed by atoms with van der Waals surface area (Å²) in [5.41, 5.74) is 4.06. The third kappa shape index (κ3) is 4.10. The average molecular weight is 458 g/mol. The minimum atomic E-state index is -0.129. The van der Waals surface area contributed by atoms with Gasteiger partial charge in [-0.15, -0.1) is 0 Å². The van der Waals surface area contributed by atoms with Gasteiger partial charge in [0.2, 0.25) is 0 Å². The van der Waals surface area contributed by atoms with Crippen molar-refractivity contribution in [2.45, 2.75) is 45.9 Å². The molecular weight excluding hydrogens is 433 g/mol. The van der Waals surface area contributed by atoms with Crippen LogP contribution in [0.4, 0.5) is 5.69 Å². The van der Waals surface area contributed by atoms with Gasteiger partial charge in [0.05, 0.1) is 22.9 Å². The number of aryl methyl sites for hydroxylation is 1. The van der Waals surface area contributed by atoms with Crippen LogP contribution in [0, 0.1) is 6.92 Å². The summed E-state index contributed by atoms with van der Waals surface area (Å²) in [6, 6.07) is 13.4. The first kappa shape index (κ1) is 21.9. The van der Waals surface area contributed by atoms with Gasteiger partial charge >= 0.3 is 0 Å². The molecule has 0 saturated carbocycles. The Balaban J connectivity index is 1.79.